The van der Waals surface area contributed by atoms with Gasteiger partial charge in [-0.1, -0.05) is 20.8 Å². The molecule has 0 aromatic heterocycles. The Morgan fingerprint density at radius 3 is 1.88 bits per heavy atom. The van der Waals surface area contributed by atoms with E-state index in [9.17, 15) is 10.2 Å². The largest absolute Gasteiger partial charge is 0.390 e. The Bertz CT molecular complexity index is 316. The Kier molecular flexibility index (Phi) is 1.84. The van der Waals surface area contributed by atoms with Gasteiger partial charge in [0.2, 0.25) is 0 Å². The van der Waals surface area contributed by atoms with Crippen LogP contribution in [0.4, 0.5) is 0 Å². The molecule has 0 aromatic rings. The zero-order valence-electron chi connectivity index (χ0n) is 10.7. The highest BCUT2D eigenvalue weighted by atomic mass is 16.3. The molecule has 0 amide bonds. The Morgan fingerprint density at radius 1 is 1.00 bits per heavy atom. The maximum atomic E-state index is 11.1. The van der Waals surface area contributed by atoms with E-state index >= 15 is 0 Å². The molecule has 4 aliphatic rings. The fraction of sp³-hybridized carbons (Fsp3) is 1.00. The molecule has 0 aromatic carbocycles. The molecule has 0 spiro atoms. The fourth-order valence-corrected chi connectivity index (χ4v) is 6.04. The summed E-state index contributed by atoms with van der Waals surface area (Å²) in [6.07, 6.45) is 5.61. The van der Waals surface area contributed by atoms with Crippen molar-refractivity contribution in [2.24, 2.45) is 16.7 Å². The van der Waals surface area contributed by atoms with Gasteiger partial charge in [0.05, 0.1) is 11.2 Å². The van der Waals surface area contributed by atoms with Gasteiger partial charge in [0.15, 0.2) is 0 Å². The zero-order valence-corrected chi connectivity index (χ0v) is 10.7. The van der Waals surface area contributed by atoms with E-state index < -0.39 is 11.2 Å². The average Bonchev–Trinajstić information content (AvgIpc) is 2.09. The SMILES string of the molecule is CCC1(O)C2(C)CC3CC(O)(C2)CC1(C)C3. The quantitative estimate of drug-likeness (QED) is 0.718. The number of hydrogen-bond donors (Lipinski definition) is 2. The van der Waals surface area contributed by atoms with Crippen LogP contribution in [0.5, 0.6) is 0 Å². The minimum absolute atomic E-state index is 0.0648. The molecule has 4 bridgehead atoms. The summed E-state index contributed by atoms with van der Waals surface area (Å²) >= 11 is 0. The van der Waals surface area contributed by atoms with Gasteiger partial charge < -0.3 is 10.2 Å². The lowest BCUT2D eigenvalue weighted by Gasteiger charge is -2.71. The first-order valence-electron chi connectivity index (χ1n) is 6.71. The molecule has 4 aliphatic carbocycles. The highest BCUT2D eigenvalue weighted by molar-refractivity contribution is 5.21. The monoisotopic (exact) mass is 224 g/mol. The van der Waals surface area contributed by atoms with Gasteiger partial charge >= 0.3 is 0 Å². The van der Waals surface area contributed by atoms with Crippen LogP contribution in [-0.2, 0) is 0 Å². The molecular weight excluding hydrogens is 200 g/mol. The van der Waals surface area contributed by atoms with Gasteiger partial charge in [-0.25, -0.2) is 0 Å². The third-order valence-corrected chi connectivity index (χ3v) is 6.09. The highest BCUT2D eigenvalue weighted by Gasteiger charge is 2.70. The first kappa shape index (κ1) is 11.0. The smallest absolute Gasteiger partial charge is 0.0754 e. The molecule has 2 heteroatoms. The molecule has 16 heavy (non-hydrogen) atoms. The van der Waals surface area contributed by atoms with Crippen molar-refractivity contribution in [3.05, 3.63) is 0 Å². The maximum Gasteiger partial charge on any atom is 0.0754 e. The molecule has 4 saturated carbocycles. The second-order valence-corrected chi connectivity index (χ2v) is 7.39. The van der Waals surface area contributed by atoms with Crippen LogP contribution in [0.25, 0.3) is 0 Å². The molecule has 2 unspecified atom stereocenters. The molecule has 2 nitrogen and oxygen atoms in total. The van der Waals surface area contributed by atoms with E-state index in [1.807, 2.05) is 0 Å². The van der Waals surface area contributed by atoms with E-state index in [1.54, 1.807) is 0 Å². The Hall–Kier alpha value is -0.0800. The summed E-state index contributed by atoms with van der Waals surface area (Å²) in [7, 11) is 0. The first-order valence-corrected chi connectivity index (χ1v) is 6.71. The van der Waals surface area contributed by atoms with Gasteiger partial charge in [-0.3, -0.25) is 0 Å². The van der Waals surface area contributed by atoms with Crippen LogP contribution >= 0.6 is 0 Å². The Labute approximate surface area is 98.1 Å². The Balaban J connectivity index is 2.13. The van der Waals surface area contributed by atoms with Crippen molar-refractivity contribution in [2.45, 2.75) is 70.5 Å². The van der Waals surface area contributed by atoms with E-state index in [0.29, 0.717) is 5.92 Å². The summed E-state index contributed by atoms with van der Waals surface area (Å²) in [6.45, 7) is 6.50. The van der Waals surface area contributed by atoms with E-state index in [1.165, 1.54) is 0 Å². The van der Waals surface area contributed by atoms with Crippen molar-refractivity contribution >= 4 is 0 Å². The molecule has 4 rings (SSSR count). The lowest BCUT2D eigenvalue weighted by Crippen LogP contribution is -2.72. The van der Waals surface area contributed by atoms with Crippen LogP contribution in [0.3, 0.4) is 0 Å². The van der Waals surface area contributed by atoms with Crippen LogP contribution in [-0.4, -0.2) is 21.4 Å². The van der Waals surface area contributed by atoms with Gasteiger partial charge in [-0.05, 0) is 55.3 Å². The average molecular weight is 224 g/mol. The number of aliphatic hydroxyl groups is 2. The van der Waals surface area contributed by atoms with Crippen molar-refractivity contribution in [1.82, 2.24) is 0 Å². The van der Waals surface area contributed by atoms with Crippen LogP contribution in [0, 0.1) is 16.7 Å². The lowest BCUT2D eigenvalue weighted by molar-refractivity contribution is -0.304. The van der Waals surface area contributed by atoms with Crippen molar-refractivity contribution in [1.29, 1.82) is 0 Å². The maximum absolute atomic E-state index is 11.1. The van der Waals surface area contributed by atoms with Crippen molar-refractivity contribution < 1.29 is 10.2 Å². The molecule has 2 N–H and O–H groups in total. The van der Waals surface area contributed by atoms with Gasteiger partial charge in [0, 0.05) is 0 Å². The molecule has 4 fully saturated rings. The van der Waals surface area contributed by atoms with Crippen LogP contribution < -0.4 is 0 Å². The normalized spacial score (nSPS) is 63.9. The predicted molar refractivity (Wildman–Crippen MR) is 63.0 cm³/mol. The van der Waals surface area contributed by atoms with Crippen LogP contribution in [0.2, 0.25) is 0 Å². The second kappa shape index (κ2) is 2.67. The standard InChI is InChI=1S/C14H24O2/c1-4-14(16)11(2)5-10-6-12(14,3)9-13(15,7-10)8-11/h10,15-16H,4-9H2,1-3H3. The summed E-state index contributed by atoms with van der Waals surface area (Å²) in [5, 5.41) is 21.8. The van der Waals surface area contributed by atoms with Gasteiger partial charge in [0.25, 0.3) is 0 Å². The van der Waals surface area contributed by atoms with E-state index in [4.69, 9.17) is 0 Å². The van der Waals surface area contributed by atoms with Crippen molar-refractivity contribution in [3.8, 4) is 0 Å². The predicted octanol–water partition coefficient (Wildman–Crippen LogP) is 2.48. The summed E-state index contributed by atoms with van der Waals surface area (Å²) in [6, 6.07) is 0. The van der Waals surface area contributed by atoms with Gasteiger partial charge in [0.1, 0.15) is 0 Å². The first-order chi connectivity index (χ1) is 7.26. The molecule has 0 radical (unpaired) electrons. The summed E-state index contributed by atoms with van der Waals surface area (Å²) in [5.41, 5.74) is -1.18. The summed E-state index contributed by atoms with van der Waals surface area (Å²) < 4.78 is 0. The third-order valence-electron chi connectivity index (χ3n) is 6.09. The minimum Gasteiger partial charge on any atom is -0.390 e. The summed E-state index contributed by atoms with van der Waals surface area (Å²) in [4.78, 5) is 0. The third kappa shape index (κ3) is 1.01. The van der Waals surface area contributed by atoms with Crippen molar-refractivity contribution in [3.63, 3.8) is 0 Å². The zero-order chi connectivity index (χ0) is 11.8. The molecule has 92 valence electrons. The van der Waals surface area contributed by atoms with E-state index in [0.717, 1.165) is 38.5 Å². The number of rotatable bonds is 1. The van der Waals surface area contributed by atoms with Gasteiger partial charge in [-0.2, -0.15) is 0 Å². The lowest BCUT2D eigenvalue weighted by atomic mass is 9.37. The minimum atomic E-state index is -0.566. The second-order valence-electron chi connectivity index (χ2n) is 7.39. The molecule has 0 heterocycles. The topological polar surface area (TPSA) is 40.5 Å². The fourth-order valence-electron chi connectivity index (χ4n) is 6.04. The molecule has 2 atom stereocenters. The molecule has 0 aliphatic heterocycles. The van der Waals surface area contributed by atoms with Gasteiger partial charge in [-0.15, -0.1) is 0 Å². The van der Waals surface area contributed by atoms with Crippen LogP contribution in [0.1, 0.15) is 59.3 Å². The Morgan fingerprint density at radius 2 is 1.50 bits per heavy atom. The summed E-state index contributed by atoms with van der Waals surface area (Å²) in [5.74, 6) is 0.634. The molecule has 0 saturated heterocycles. The van der Waals surface area contributed by atoms with E-state index in [-0.39, 0.29) is 10.8 Å². The van der Waals surface area contributed by atoms with Crippen molar-refractivity contribution in [2.75, 3.05) is 0 Å². The highest BCUT2D eigenvalue weighted by Crippen LogP contribution is 2.71. The van der Waals surface area contributed by atoms with E-state index in [2.05, 4.69) is 20.8 Å². The molecular formula is C14H24O2. The van der Waals surface area contributed by atoms with Crippen LogP contribution in [0.15, 0.2) is 0 Å². The number of hydrogen-bond acceptors (Lipinski definition) is 2.